The van der Waals surface area contributed by atoms with Gasteiger partial charge in [0.05, 0.1) is 12.6 Å². The van der Waals surface area contributed by atoms with Crippen molar-refractivity contribution in [2.75, 3.05) is 19.8 Å². The number of likely N-dealkylation sites (N-methyl/N-ethyl adjacent to an activating group) is 1. The minimum Gasteiger partial charge on any atom is -0.379 e. The molecule has 1 unspecified atom stereocenters. The molecule has 1 N–H and O–H groups in total. The maximum atomic E-state index is 5.84. The lowest BCUT2D eigenvalue weighted by Crippen LogP contribution is -2.27. The van der Waals surface area contributed by atoms with Gasteiger partial charge in [-0.25, -0.2) is 0 Å². The summed E-state index contributed by atoms with van der Waals surface area (Å²) in [4.78, 5) is 0. The molecule has 108 valence electrons. The molecule has 0 aliphatic heterocycles. The zero-order chi connectivity index (χ0) is 14.4. The number of aryl methyl sites for hydroxylation is 3. The lowest BCUT2D eigenvalue weighted by Gasteiger charge is -2.23. The van der Waals surface area contributed by atoms with Crippen molar-refractivity contribution in [3.05, 3.63) is 34.4 Å². The van der Waals surface area contributed by atoms with Gasteiger partial charge in [0.2, 0.25) is 0 Å². The highest BCUT2D eigenvalue weighted by atomic mass is 16.5. The summed E-state index contributed by atoms with van der Waals surface area (Å²) in [6, 6.07) is 4.81. The van der Waals surface area contributed by atoms with Gasteiger partial charge in [0.25, 0.3) is 0 Å². The van der Waals surface area contributed by atoms with Crippen LogP contribution in [0.15, 0.2) is 12.1 Å². The molecule has 0 aromatic heterocycles. The standard InChI is InChI=1S/C17H29NO/c1-7-18-16(11-19-10-12(2)3)17-14(5)8-13(4)9-15(17)6/h8-9,12,16,18H,7,10-11H2,1-6H3. The summed E-state index contributed by atoms with van der Waals surface area (Å²) in [6.45, 7) is 15.6. The number of ether oxygens (including phenoxy) is 1. The predicted molar refractivity (Wildman–Crippen MR) is 82.7 cm³/mol. The van der Waals surface area contributed by atoms with Crippen LogP contribution in [0.5, 0.6) is 0 Å². The Morgan fingerprint density at radius 2 is 1.63 bits per heavy atom. The summed E-state index contributed by atoms with van der Waals surface area (Å²) in [5.41, 5.74) is 5.45. The Morgan fingerprint density at radius 3 is 2.11 bits per heavy atom. The first-order valence-electron chi connectivity index (χ1n) is 7.34. The third-order valence-corrected chi connectivity index (χ3v) is 3.27. The molecule has 0 radical (unpaired) electrons. The second kappa shape index (κ2) is 7.66. The molecule has 2 heteroatoms. The van der Waals surface area contributed by atoms with Gasteiger partial charge in [-0.1, -0.05) is 38.5 Å². The number of rotatable bonds is 7. The third-order valence-electron chi connectivity index (χ3n) is 3.27. The van der Waals surface area contributed by atoms with Gasteiger partial charge in [-0.15, -0.1) is 0 Å². The molecule has 0 fully saturated rings. The molecule has 0 spiro atoms. The van der Waals surface area contributed by atoms with E-state index < -0.39 is 0 Å². The second-order valence-electron chi connectivity index (χ2n) is 5.85. The van der Waals surface area contributed by atoms with E-state index in [0.717, 1.165) is 19.8 Å². The first kappa shape index (κ1) is 16.2. The third kappa shape index (κ3) is 4.96. The van der Waals surface area contributed by atoms with Crippen molar-refractivity contribution in [3.63, 3.8) is 0 Å². The van der Waals surface area contributed by atoms with Crippen LogP contribution >= 0.6 is 0 Å². The van der Waals surface area contributed by atoms with Gasteiger partial charge in [0.15, 0.2) is 0 Å². The van der Waals surface area contributed by atoms with Crippen molar-refractivity contribution in [2.24, 2.45) is 5.92 Å². The lowest BCUT2D eigenvalue weighted by molar-refractivity contribution is 0.0902. The normalized spacial score (nSPS) is 13.0. The summed E-state index contributed by atoms with van der Waals surface area (Å²) in [7, 11) is 0. The lowest BCUT2D eigenvalue weighted by atomic mass is 9.94. The van der Waals surface area contributed by atoms with E-state index in [4.69, 9.17) is 4.74 Å². The van der Waals surface area contributed by atoms with E-state index in [1.807, 2.05) is 0 Å². The predicted octanol–water partition coefficient (Wildman–Crippen LogP) is 3.94. The van der Waals surface area contributed by atoms with Crippen LogP contribution in [0.4, 0.5) is 0 Å². The average Bonchev–Trinajstić information content (AvgIpc) is 2.26. The quantitative estimate of drug-likeness (QED) is 0.804. The molecule has 0 bridgehead atoms. The van der Waals surface area contributed by atoms with E-state index in [1.165, 1.54) is 22.3 Å². The molecule has 1 atom stereocenters. The van der Waals surface area contributed by atoms with E-state index in [9.17, 15) is 0 Å². The minimum atomic E-state index is 0.296. The van der Waals surface area contributed by atoms with E-state index in [1.54, 1.807) is 0 Å². The van der Waals surface area contributed by atoms with Crippen LogP contribution in [0.25, 0.3) is 0 Å². The molecule has 0 saturated heterocycles. The first-order chi connectivity index (χ1) is 8.95. The van der Waals surface area contributed by atoms with Crippen LogP contribution in [-0.2, 0) is 4.74 Å². The van der Waals surface area contributed by atoms with Gasteiger partial charge in [-0.2, -0.15) is 0 Å². The highest BCUT2D eigenvalue weighted by molar-refractivity contribution is 5.39. The van der Waals surface area contributed by atoms with E-state index >= 15 is 0 Å². The van der Waals surface area contributed by atoms with Gasteiger partial charge in [-0.05, 0) is 49.9 Å². The van der Waals surface area contributed by atoms with Crippen LogP contribution < -0.4 is 5.32 Å². The Kier molecular flexibility index (Phi) is 6.53. The van der Waals surface area contributed by atoms with Crippen LogP contribution in [0.2, 0.25) is 0 Å². The number of hydrogen-bond donors (Lipinski definition) is 1. The van der Waals surface area contributed by atoms with Gasteiger partial charge in [-0.3, -0.25) is 0 Å². The Morgan fingerprint density at radius 1 is 1.05 bits per heavy atom. The molecular weight excluding hydrogens is 234 g/mol. The van der Waals surface area contributed by atoms with Gasteiger partial charge in [0, 0.05) is 6.61 Å². The zero-order valence-electron chi connectivity index (χ0n) is 13.3. The summed E-state index contributed by atoms with van der Waals surface area (Å²) < 4.78 is 5.84. The molecule has 0 amide bonds. The molecule has 1 aromatic rings. The van der Waals surface area contributed by atoms with Crippen molar-refractivity contribution in [1.29, 1.82) is 0 Å². The SMILES string of the molecule is CCNC(COCC(C)C)c1c(C)cc(C)cc1C. The van der Waals surface area contributed by atoms with E-state index in [2.05, 4.69) is 59.0 Å². The maximum Gasteiger partial charge on any atom is 0.0661 e. The van der Waals surface area contributed by atoms with Crippen molar-refractivity contribution in [3.8, 4) is 0 Å². The van der Waals surface area contributed by atoms with Crippen molar-refractivity contribution < 1.29 is 4.74 Å². The molecule has 0 aliphatic carbocycles. The highest BCUT2D eigenvalue weighted by Gasteiger charge is 2.16. The van der Waals surface area contributed by atoms with Crippen molar-refractivity contribution >= 4 is 0 Å². The number of nitrogens with one attached hydrogen (secondary N) is 1. The van der Waals surface area contributed by atoms with Crippen LogP contribution in [0.1, 0.15) is 49.1 Å². The largest absolute Gasteiger partial charge is 0.379 e. The average molecular weight is 263 g/mol. The smallest absolute Gasteiger partial charge is 0.0661 e. The fraction of sp³-hybridized carbons (Fsp3) is 0.647. The van der Waals surface area contributed by atoms with Crippen molar-refractivity contribution in [2.45, 2.75) is 47.6 Å². The Labute approximate surface area is 118 Å². The molecular formula is C17H29NO. The minimum absolute atomic E-state index is 0.296. The fourth-order valence-electron chi connectivity index (χ4n) is 2.65. The monoisotopic (exact) mass is 263 g/mol. The topological polar surface area (TPSA) is 21.3 Å². The zero-order valence-corrected chi connectivity index (χ0v) is 13.3. The van der Waals surface area contributed by atoms with Gasteiger partial charge >= 0.3 is 0 Å². The molecule has 0 aliphatic rings. The van der Waals surface area contributed by atoms with Crippen LogP contribution in [0.3, 0.4) is 0 Å². The highest BCUT2D eigenvalue weighted by Crippen LogP contribution is 2.24. The van der Waals surface area contributed by atoms with Crippen LogP contribution in [0, 0.1) is 26.7 Å². The Bertz CT molecular complexity index is 375. The van der Waals surface area contributed by atoms with Gasteiger partial charge in [0.1, 0.15) is 0 Å². The van der Waals surface area contributed by atoms with Crippen molar-refractivity contribution in [1.82, 2.24) is 5.32 Å². The van der Waals surface area contributed by atoms with E-state index in [-0.39, 0.29) is 0 Å². The Balaban J connectivity index is 2.86. The van der Waals surface area contributed by atoms with Crippen LogP contribution in [-0.4, -0.2) is 19.8 Å². The molecule has 0 heterocycles. The maximum absolute atomic E-state index is 5.84. The summed E-state index contributed by atoms with van der Waals surface area (Å²) >= 11 is 0. The summed E-state index contributed by atoms with van der Waals surface area (Å²) in [6.07, 6.45) is 0. The molecule has 0 saturated carbocycles. The van der Waals surface area contributed by atoms with E-state index in [0.29, 0.717) is 12.0 Å². The van der Waals surface area contributed by atoms with Gasteiger partial charge < -0.3 is 10.1 Å². The second-order valence-corrected chi connectivity index (χ2v) is 5.85. The first-order valence-corrected chi connectivity index (χ1v) is 7.34. The molecule has 19 heavy (non-hydrogen) atoms. The summed E-state index contributed by atoms with van der Waals surface area (Å²) in [5, 5.41) is 3.55. The molecule has 1 aromatic carbocycles. The molecule has 1 rings (SSSR count). The molecule has 2 nitrogen and oxygen atoms in total. The Hall–Kier alpha value is -0.860. The number of benzene rings is 1. The summed E-state index contributed by atoms with van der Waals surface area (Å²) in [5.74, 6) is 0.586. The number of hydrogen-bond acceptors (Lipinski definition) is 2. The fourth-order valence-corrected chi connectivity index (χ4v) is 2.65.